The van der Waals surface area contributed by atoms with Gasteiger partial charge >= 0.3 is 0 Å². The van der Waals surface area contributed by atoms with E-state index in [1.807, 2.05) is 12.1 Å². The Labute approximate surface area is 158 Å². The summed E-state index contributed by atoms with van der Waals surface area (Å²) >= 11 is 0. The number of unbranched alkanes of at least 4 members (excludes halogenated alkanes) is 4. The van der Waals surface area contributed by atoms with Crippen LogP contribution in [0.3, 0.4) is 0 Å². The van der Waals surface area contributed by atoms with Gasteiger partial charge in [-0.2, -0.15) is 0 Å². The number of rotatable bonds is 10. The van der Waals surface area contributed by atoms with Gasteiger partial charge in [0.2, 0.25) is 0 Å². The van der Waals surface area contributed by atoms with Crippen molar-refractivity contribution in [1.82, 2.24) is 0 Å². The lowest BCUT2D eigenvalue weighted by atomic mass is 9.88. The fourth-order valence-corrected chi connectivity index (χ4v) is 3.71. The van der Waals surface area contributed by atoms with E-state index in [9.17, 15) is 5.11 Å². The molecule has 2 rings (SSSR count). The van der Waals surface area contributed by atoms with E-state index in [2.05, 4.69) is 20.8 Å². The highest BCUT2D eigenvalue weighted by atomic mass is 16.7. The highest BCUT2D eigenvalue weighted by Crippen LogP contribution is 2.41. The molecule has 1 heterocycles. The number of aromatic hydroxyl groups is 1. The molecular weight excluding hydrogens is 328 g/mol. The third-order valence-corrected chi connectivity index (χ3v) is 5.36. The average molecular weight is 365 g/mol. The molecule has 0 radical (unpaired) electrons. The second-order valence-corrected chi connectivity index (χ2v) is 7.44. The van der Waals surface area contributed by atoms with E-state index in [4.69, 9.17) is 14.2 Å². The largest absolute Gasteiger partial charge is 0.504 e. The van der Waals surface area contributed by atoms with Gasteiger partial charge in [0.25, 0.3) is 0 Å². The Morgan fingerprint density at radius 1 is 1.00 bits per heavy atom. The lowest BCUT2D eigenvalue weighted by molar-refractivity contribution is -0.272. The van der Waals surface area contributed by atoms with Crippen LogP contribution in [0.15, 0.2) is 18.2 Å². The van der Waals surface area contributed by atoms with Gasteiger partial charge < -0.3 is 19.3 Å². The predicted molar refractivity (Wildman–Crippen MR) is 105 cm³/mol. The van der Waals surface area contributed by atoms with Crippen molar-refractivity contribution in [3.63, 3.8) is 0 Å². The van der Waals surface area contributed by atoms with Crippen LogP contribution in [0.4, 0.5) is 0 Å². The van der Waals surface area contributed by atoms with Crippen molar-refractivity contribution in [2.75, 3.05) is 7.11 Å². The van der Waals surface area contributed by atoms with Crippen LogP contribution in [0.2, 0.25) is 0 Å². The molecule has 1 saturated heterocycles. The molecule has 0 amide bonds. The van der Waals surface area contributed by atoms with E-state index < -0.39 is 0 Å². The molecule has 0 aromatic heterocycles. The maximum absolute atomic E-state index is 9.90. The van der Waals surface area contributed by atoms with Crippen molar-refractivity contribution >= 4 is 0 Å². The Morgan fingerprint density at radius 2 is 1.69 bits per heavy atom. The summed E-state index contributed by atoms with van der Waals surface area (Å²) in [6.45, 7) is 6.65. The molecule has 0 spiro atoms. The molecule has 4 heteroatoms. The topological polar surface area (TPSA) is 47.9 Å². The third-order valence-electron chi connectivity index (χ3n) is 5.36. The fraction of sp³-hybridized carbons (Fsp3) is 0.727. The van der Waals surface area contributed by atoms with Crippen LogP contribution < -0.4 is 4.74 Å². The van der Waals surface area contributed by atoms with Crippen molar-refractivity contribution in [2.24, 2.45) is 5.92 Å². The zero-order valence-corrected chi connectivity index (χ0v) is 16.9. The summed E-state index contributed by atoms with van der Waals surface area (Å²) in [4.78, 5) is 0. The van der Waals surface area contributed by atoms with Gasteiger partial charge in [-0.05, 0) is 37.0 Å². The first kappa shape index (κ1) is 21.0. The second-order valence-electron chi connectivity index (χ2n) is 7.44. The summed E-state index contributed by atoms with van der Waals surface area (Å²) in [5.74, 6) is 0.924. The highest BCUT2D eigenvalue weighted by molar-refractivity contribution is 5.42. The minimum absolute atomic E-state index is 0.0310. The molecular formula is C22H36O4. The summed E-state index contributed by atoms with van der Waals surface area (Å²) in [7, 11) is 1.58. The number of hydrogen-bond acceptors (Lipinski definition) is 4. The zero-order valence-electron chi connectivity index (χ0n) is 16.9. The molecule has 0 saturated carbocycles. The number of phenols is 1. The van der Waals surface area contributed by atoms with Crippen molar-refractivity contribution in [3.8, 4) is 11.5 Å². The van der Waals surface area contributed by atoms with E-state index in [-0.39, 0.29) is 30.2 Å². The van der Waals surface area contributed by atoms with Crippen LogP contribution in [-0.2, 0) is 9.47 Å². The maximum Gasteiger partial charge on any atom is 0.160 e. The van der Waals surface area contributed by atoms with Gasteiger partial charge in [-0.1, -0.05) is 58.9 Å². The van der Waals surface area contributed by atoms with E-state index in [1.165, 1.54) is 32.1 Å². The van der Waals surface area contributed by atoms with Crippen LogP contribution in [-0.4, -0.2) is 24.6 Å². The van der Waals surface area contributed by atoms with Crippen LogP contribution in [0, 0.1) is 5.92 Å². The molecule has 1 aromatic rings. The van der Waals surface area contributed by atoms with Crippen LogP contribution in [0.1, 0.15) is 83.8 Å². The average Bonchev–Trinajstić information content (AvgIpc) is 2.65. The fourth-order valence-electron chi connectivity index (χ4n) is 3.71. The van der Waals surface area contributed by atoms with Crippen LogP contribution in [0.25, 0.3) is 0 Å². The third kappa shape index (κ3) is 5.62. The Balaban J connectivity index is 2.15. The first-order valence-electron chi connectivity index (χ1n) is 10.3. The molecule has 26 heavy (non-hydrogen) atoms. The van der Waals surface area contributed by atoms with E-state index in [0.717, 1.165) is 24.8 Å². The monoisotopic (exact) mass is 364 g/mol. The Morgan fingerprint density at radius 3 is 2.35 bits per heavy atom. The van der Waals surface area contributed by atoms with Crippen molar-refractivity contribution in [2.45, 2.75) is 90.6 Å². The van der Waals surface area contributed by atoms with Crippen molar-refractivity contribution in [3.05, 3.63) is 23.8 Å². The first-order chi connectivity index (χ1) is 12.6. The summed E-state index contributed by atoms with van der Waals surface area (Å²) in [6.07, 6.45) is 9.24. The number of phenolic OH excluding ortho intramolecular Hbond substituents is 1. The standard InChI is InChI=1S/C22H36O4/c1-5-7-9-11-19-16(3)22(26-21(25-19)12-10-8-6-2)17-13-14-18(23)20(15-17)24-4/h13-16,19,21-23H,5-12H2,1-4H3/t16-,19+,21+,22+/m0/s1. The second kappa shape index (κ2) is 10.8. The van der Waals surface area contributed by atoms with Gasteiger partial charge in [0, 0.05) is 5.92 Å². The summed E-state index contributed by atoms with van der Waals surface area (Å²) in [5.41, 5.74) is 1.05. The lowest BCUT2D eigenvalue weighted by Gasteiger charge is -2.41. The van der Waals surface area contributed by atoms with Gasteiger partial charge in [-0.25, -0.2) is 0 Å². The normalized spacial score (nSPS) is 26.0. The zero-order chi connectivity index (χ0) is 18.9. The predicted octanol–water partition coefficient (Wildman–Crippen LogP) is 5.98. The Kier molecular flexibility index (Phi) is 8.73. The molecule has 148 valence electrons. The van der Waals surface area contributed by atoms with Gasteiger partial charge in [-0.3, -0.25) is 0 Å². The molecule has 0 aliphatic carbocycles. The SMILES string of the molecule is CCCCC[C@@H]1O[C@H](CCCCC)[C@H](C)[C@H](c2ccc(O)c(OC)c2)O1. The minimum Gasteiger partial charge on any atom is -0.504 e. The van der Waals surface area contributed by atoms with E-state index in [1.54, 1.807) is 13.2 Å². The smallest absolute Gasteiger partial charge is 0.160 e. The first-order valence-corrected chi connectivity index (χ1v) is 10.3. The molecule has 1 fully saturated rings. The highest BCUT2D eigenvalue weighted by Gasteiger charge is 2.37. The number of hydrogen-bond donors (Lipinski definition) is 1. The van der Waals surface area contributed by atoms with Crippen molar-refractivity contribution < 1.29 is 19.3 Å². The van der Waals surface area contributed by atoms with Gasteiger partial charge in [0.05, 0.1) is 19.3 Å². The van der Waals surface area contributed by atoms with E-state index in [0.29, 0.717) is 5.75 Å². The van der Waals surface area contributed by atoms with Gasteiger partial charge in [-0.15, -0.1) is 0 Å². The van der Waals surface area contributed by atoms with Gasteiger partial charge in [0.1, 0.15) is 0 Å². The molecule has 4 nitrogen and oxygen atoms in total. The Hall–Kier alpha value is -1.26. The molecule has 1 aliphatic heterocycles. The van der Waals surface area contributed by atoms with E-state index >= 15 is 0 Å². The molecule has 0 unspecified atom stereocenters. The molecule has 1 aliphatic rings. The molecule has 0 bridgehead atoms. The van der Waals surface area contributed by atoms with Crippen molar-refractivity contribution in [1.29, 1.82) is 0 Å². The Bertz CT molecular complexity index is 531. The quantitative estimate of drug-likeness (QED) is 0.519. The number of methoxy groups -OCH3 is 1. The lowest BCUT2D eigenvalue weighted by Crippen LogP contribution is -2.40. The number of ether oxygens (including phenoxy) is 3. The summed E-state index contributed by atoms with van der Waals surface area (Å²) < 4.78 is 18.0. The molecule has 1 N–H and O–H groups in total. The molecule has 4 atom stereocenters. The van der Waals surface area contributed by atoms with Crippen LogP contribution >= 0.6 is 0 Å². The molecule has 1 aromatic carbocycles. The maximum atomic E-state index is 9.90. The summed E-state index contributed by atoms with van der Waals surface area (Å²) in [5, 5.41) is 9.90. The van der Waals surface area contributed by atoms with Crippen LogP contribution in [0.5, 0.6) is 11.5 Å². The minimum atomic E-state index is -0.144. The van der Waals surface area contributed by atoms with Gasteiger partial charge in [0.15, 0.2) is 17.8 Å². The summed E-state index contributed by atoms with van der Waals surface area (Å²) in [6, 6.07) is 5.53. The number of benzene rings is 1.